The van der Waals surface area contributed by atoms with E-state index in [0.29, 0.717) is 11.7 Å². The van der Waals surface area contributed by atoms with E-state index in [0.717, 1.165) is 0 Å². The van der Waals surface area contributed by atoms with E-state index in [-0.39, 0.29) is 0 Å². The highest BCUT2D eigenvalue weighted by atomic mass is 32.1. The van der Waals surface area contributed by atoms with Crippen LogP contribution in [-0.4, -0.2) is 11.7 Å². The van der Waals surface area contributed by atoms with Gasteiger partial charge in [-0.05, 0) is 12.2 Å². The number of terminal acetylenes is 1. The molecular weight excluding hydrogens is 122 g/mol. The van der Waals surface area contributed by atoms with Gasteiger partial charge in [-0.15, -0.1) is 6.42 Å². The Balaban J connectivity index is 3.15. The average Bonchev–Trinajstić information content (AvgIpc) is 1.83. The molecule has 4 heteroatoms. The molecule has 0 spiro atoms. The maximum absolute atomic E-state index is 4.89. The van der Waals surface area contributed by atoms with Gasteiger partial charge in [0.15, 0.2) is 5.11 Å². The van der Waals surface area contributed by atoms with E-state index in [9.17, 15) is 0 Å². The molecule has 0 rings (SSSR count). The number of nitrogens with two attached hydrogens (primary N) is 1. The van der Waals surface area contributed by atoms with Crippen LogP contribution in [-0.2, 0) is 0 Å². The molecule has 3 nitrogen and oxygen atoms in total. The first-order valence-corrected chi connectivity index (χ1v) is 2.40. The molecule has 0 fully saturated rings. The summed E-state index contributed by atoms with van der Waals surface area (Å²) in [5.41, 5.74) is 2.22. The second-order valence-electron chi connectivity index (χ2n) is 1.03. The highest BCUT2D eigenvalue weighted by molar-refractivity contribution is 7.80. The van der Waals surface area contributed by atoms with Gasteiger partial charge in [0.1, 0.15) is 0 Å². The van der Waals surface area contributed by atoms with Crippen LogP contribution in [0.4, 0.5) is 0 Å². The normalized spacial score (nSPS) is 7.00. The van der Waals surface area contributed by atoms with Gasteiger partial charge in [0.2, 0.25) is 0 Å². The smallest absolute Gasteiger partial charge is 0.181 e. The van der Waals surface area contributed by atoms with E-state index < -0.39 is 0 Å². The quantitative estimate of drug-likeness (QED) is 0.183. The summed E-state index contributed by atoms with van der Waals surface area (Å²) in [7, 11) is 0. The second kappa shape index (κ2) is 4.37. The molecule has 0 unspecified atom stereocenters. The maximum Gasteiger partial charge on any atom is 0.181 e. The van der Waals surface area contributed by atoms with Crippen molar-refractivity contribution in [1.29, 1.82) is 0 Å². The third kappa shape index (κ3) is 3.40. The molecule has 0 aliphatic carbocycles. The molecule has 0 saturated carbocycles. The summed E-state index contributed by atoms with van der Waals surface area (Å²) in [4.78, 5) is 0. The minimum atomic E-state index is 0.364. The fraction of sp³-hybridized carbons (Fsp3) is 0.250. The van der Waals surface area contributed by atoms with E-state index >= 15 is 0 Å². The number of hydrogen-bond donors (Lipinski definition) is 3. The third-order valence-corrected chi connectivity index (χ3v) is 0.744. The molecular formula is C4H7N3S. The van der Waals surface area contributed by atoms with Crippen molar-refractivity contribution in [3.8, 4) is 12.3 Å². The van der Waals surface area contributed by atoms with Crippen molar-refractivity contribution in [3.63, 3.8) is 0 Å². The lowest BCUT2D eigenvalue weighted by molar-refractivity contribution is 0.946. The van der Waals surface area contributed by atoms with Gasteiger partial charge >= 0.3 is 0 Å². The standard InChI is InChI=1S/C4H7N3S/c1-2-3-6-4(8)7-5/h1H,3,5H2,(H2,6,7,8). The van der Waals surface area contributed by atoms with Gasteiger partial charge in [-0.1, -0.05) is 5.92 Å². The van der Waals surface area contributed by atoms with Crippen molar-refractivity contribution in [3.05, 3.63) is 0 Å². The fourth-order valence-corrected chi connectivity index (χ4v) is 0.255. The van der Waals surface area contributed by atoms with Crippen LogP contribution in [0.15, 0.2) is 0 Å². The van der Waals surface area contributed by atoms with Crippen molar-refractivity contribution in [1.82, 2.24) is 10.7 Å². The molecule has 0 saturated heterocycles. The van der Waals surface area contributed by atoms with Gasteiger partial charge in [0, 0.05) is 0 Å². The summed E-state index contributed by atoms with van der Waals surface area (Å²) in [6, 6.07) is 0. The lowest BCUT2D eigenvalue weighted by atomic mass is 10.7. The van der Waals surface area contributed by atoms with Crippen LogP contribution in [0.3, 0.4) is 0 Å². The van der Waals surface area contributed by atoms with E-state index in [1.165, 1.54) is 0 Å². The molecule has 0 aromatic heterocycles. The van der Waals surface area contributed by atoms with Crippen LogP contribution in [0.5, 0.6) is 0 Å². The lowest BCUT2D eigenvalue weighted by Crippen LogP contribution is -2.39. The molecule has 0 atom stereocenters. The van der Waals surface area contributed by atoms with E-state index in [4.69, 9.17) is 12.3 Å². The summed E-state index contributed by atoms with van der Waals surface area (Å²) >= 11 is 4.58. The van der Waals surface area contributed by atoms with Crippen molar-refractivity contribution in [2.45, 2.75) is 0 Å². The molecule has 0 heterocycles. The molecule has 0 aliphatic rings. The average molecular weight is 129 g/mol. The van der Waals surface area contributed by atoms with E-state index in [2.05, 4.69) is 28.9 Å². The Morgan fingerprint density at radius 3 is 2.88 bits per heavy atom. The minimum absolute atomic E-state index is 0.364. The molecule has 0 radical (unpaired) electrons. The first-order valence-electron chi connectivity index (χ1n) is 1.99. The summed E-state index contributed by atoms with van der Waals surface area (Å²) in [6.07, 6.45) is 4.89. The minimum Gasteiger partial charge on any atom is -0.351 e. The summed E-state index contributed by atoms with van der Waals surface area (Å²) in [6.45, 7) is 0.406. The Morgan fingerprint density at radius 2 is 2.50 bits per heavy atom. The Morgan fingerprint density at radius 1 is 1.88 bits per heavy atom. The van der Waals surface area contributed by atoms with Gasteiger partial charge in [-0.25, -0.2) is 5.84 Å². The van der Waals surface area contributed by atoms with Crippen LogP contribution in [0.25, 0.3) is 0 Å². The predicted octanol–water partition coefficient (Wildman–Crippen LogP) is -1.04. The van der Waals surface area contributed by atoms with Crippen molar-refractivity contribution in [2.75, 3.05) is 6.54 Å². The highest BCUT2D eigenvalue weighted by Crippen LogP contribution is 1.57. The number of hydrogen-bond acceptors (Lipinski definition) is 2. The van der Waals surface area contributed by atoms with Gasteiger partial charge < -0.3 is 10.7 Å². The predicted molar refractivity (Wildman–Crippen MR) is 36.8 cm³/mol. The van der Waals surface area contributed by atoms with E-state index in [1.54, 1.807) is 0 Å². The zero-order chi connectivity index (χ0) is 6.41. The Bertz CT molecular complexity index is 115. The summed E-state index contributed by atoms with van der Waals surface area (Å²) in [5.74, 6) is 7.23. The van der Waals surface area contributed by atoms with Gasteiger partial charge in [-0.3, -0.25) is 0 Å². The largest absolute Gasteiger partial charge is 0.351 e. The Hall–Kier alpha value is -0.790. The van der Waals surface area contributed by atoms with Crippen molar-refractivity contribution >= 4 is 17.3 Å². The molecule has 0 aromatic carbocycles. The fourth-order valence-electron chi connectivity index (χ4n) is 0.182. The van der Waals surface area contributed by atoms with Gasteiger partial charge in [0.25, 0.3) is 0 Å². The van der Waals surface area contributed by atoms with E-state index in [1.807, 2.05) is 0 Å². The SMILES string of the molecule is C#CCNC(=S)NN. The molecule has 0 aromatic rings. The van der Waals surface area contributed by atoms with Gasteiger partial charge in [0.05, 0.1) is 6.54 Å². The topological polar surface area (TPSA) is 50.1 Å². The molecule has 0 aliphatic heterocycles. The summed E-state index contributed by atoms with van der Waals surface area (Å²) < 4.78 is 0. The molecule has 4 N–H and O–H groups in total. The molecule has 8 heavy (non-hydrogen) atoms. The highest BCUT2D eigenvalue weighted by Gasteiger charge is 1.82. The Labute approximate surface area is 53.6 Å². The lowest BCUT2D eigenvalue weighted by Gasteiger charge is -1.99. The second-order valence-corrected chi connectivity index (χ2v) is 1.44. The van der Waals surface area contributed by atoms with Crippen LogP contribution in [0, 0.1) is 12.3 Å². The molecule has 44 valence electrons. The molecule has 0 amide bonds. The van der Waals surface area contributed by atoms with Crippen LogP contribution in [0.2, 0.25) is 0 Å². The first kappa shape index (κ1) is 7.21. The van der Waals surface area contributed by atoms with Crippen LogP contribution < -0.4 is 16.6 Å². The molecule has 0 bridgehead atoms. The third-order valence-electron chi connectivity index (χ3n) is 0.482. The number of hydrazine groups is 1. The maximum atomic E-state index is 4.89. The van der Waals surface area contributed by atoms with Crippen LogP contribution in [0.1, 0.15) is 0 Å². The van der Waals surface area contributed by atoms with Crippen LogP contribution >= 0.6 is 12.2 Å². The van der Waals surface area contributed by atoms with Crippen molar-refractivity contribution in [2.24, 2.45) is 5.84 Å². The first-order chi connectivity index (χ1) is 3.81. The Kier molecular flexibility index (Phi) is 3.94. The summed E-state index contributed by atoms with van der Waals surface area (Å²) in [5, 5.41) is 3.01. The number of rotatable bonds is 1. The van der Waals surface area contributed by atoms with Crippen molar-refractivity contribution < 1.29 is 0 Å². The zero-order valence-electron chi connectivity index (χ0n) is 4.27. The monoisotopic (exact) mass is 129 g/mol. The number of nitrogens with one attached hydrogen (secondary N) is 2. The van der Waals surface area contributed by atoms with Gasteiger partial charge in [-0.2, -0.15) is 0 Å². The number of thiocarbonyl (C=S) groups is 1. The zero-order valence-corrected chi connectivity index (χ0v) is 5.09.